The quantitative estimate of drug-likeness (QED) is 0.771. The maximum atomic E-state index is 12.5. The molecule has 0 saturated carbocycles. The number of carbonyl (C=O) groups excluding carboxylic acids is 1. The lowest BCUT2D eigenvalue weighted by atomic mass is 9.95. The van der Waals surface area contributed by atoms with Gasteiger partial charge < -0.3 is 15.5 Å². The summed E-state index contributed by atoms with van der Waals surface area (Å²) >= 11 is 0. The summed E-state index contributed by atoms with van der Waals surface area (Å²) in [6.07, 6.45) is 4.70. The first-order valence-corrected chi connectivity index (χ1v) is 8.44. The third-order valence-corrected chi connectivity index (χ3v) is 4.56. The van der Waals surface area contributed by atoms with Crippen LogP contribution >= 0.6 is 24.8 Å². The number of piperidine rings is 1. The predicted molar refractivity (Wildman–Crippen MR) is 106 cm³/mol. The molecule has 2 rings (SSSR count). The summed E-state index contributed by atoms with van der Waals surface area (Å²) in [6, 6.07) is 7.36. The van der Waals surface area contributed by atoms with Crippen LogP contribution in [0, 0.1) is 5.92 Å². The number of rotatable bonds is 6. The molecule has 1 fully saturated rings. The number of nitrogens with zero attached hydrogens (tertiary/aromatic N) is 2. The molecule has 1 saturated heterocycles. The van der Waals surface area contributed by atoms with Crippen molar-refractivity contribution >= 4 is 36.4 Å². The van der Waals surface area contributed by atoms with Gasteiger partial charge in [0.25, 0.3) is 5.91 Å². The molecule has 6 heteroatoms. The van der Waals surface area contributed by atoms with Crippen LogP contribution in [-0.4, -0.2) is 48.9 Å². The van der Waals surface area contributed by atoms with E-state index in [1.165, 1.54) is 19.4 Å². The van der Waals surface area contributed by atoms with E-state index < -0.39 is 0 Å². The van der Waals surface area contributed by atoms with Crippen molar-refractivity contribution in [1.29, 1.82) is 0 Å². The maximum absolute atomic E-state index is 12.5. The van der Waals surface area contributed by atoms with E-state index in [4.69, 9.17) is 5.73 Å². The van der Waals surface area contributed by atoms with Crippen LogP contribution in [0.2, 0.25) is 0 Å². The van der Waals surface area contributed by atoms with Crippen LogP contribution in [0.25, 0.3) is 0 Å². The highest BCUT2D eigenvalue weighted by Gasteiger charge is 2.25. The molecular formula is C18H31Cl2N3O. The van der Waals surface area contributed by atoms with Crippen molar-refractivity contribution < 1.29 is 4.79 Å². The fraction of sp³-hybridized carbons (Fsp3) is 0.611. The van der Waals surface area contributed by atoms with Gasteiger partial charge in [-0.05, 0) is 50.9 Å². The van der Waals surface area contributed by atoms with Gasteiger partial charge >= 0.3 is 0 Å². The fourth-order valence-corrected chi connectivity index (χ4v) is 3.14. The van der Waals surface area contributed by atoms with E-state index in [0.717, 1.165) is 32.5 Å². The Kier molecular flexibility index (Phi) is 11.1. The van der Waals surface area contributed by atoms with Crippen LogP contribution < -0.4 is 5.73 Å². The van der Waals surface area contributed by atoms with Gasteiger partial charge in [-0.15, -0.1) is 24.8 Å². The highest BCUT2D eigenvalue weighted by atomic mass is 35.5. The largest absolute Gasteiger partial charge is 0.398 e. The monoisotopic (exact) mass is 375 g/mol. The van der Waals surface area contributed by atoms with Crippen molar-refractivity contribution in [1.82, 2.24) is 9.80 Å². The molecule has 0 atom stereocenters. The zero-order valence-electron chi connectivity index (χ0n) is 14.7. The SMILES string of the molecule is CCCCN(C)CC1CCN(C(=O)c2ccccc2N)CC1.Cl.Cl. The summed E-state index contributed by atoms with van der Waals surface area (Å²) < 4.78 is 0. The molecular weight excluding hydrogens is 345 g/mol. The topological polar surface area (TPSA) is 49.6 Å². The number of likely N-dealkylation sites (tertiary alicyclic amines) is 1. The second kappa shape index (κ2) is 11.6. The molecule has 1 amide bonds. The summed E-state index contributed by atoms with van der Waals surface area (Å²) in [5, 5.41) is 0. The number of nitrogen functional groups attached to an aromatic ring is 1. The van der Waals surface area contributed by atoms with Crippen LogP contribution in [0.4, 0.5) is 5.69 Å². The van der Waals surface area contributed by atoms with Gasteiger partial charge in [-0.1, -0.05) is 25.5 Å². The van der Waals surface area contributed by atoms with Crippen molar-refractivity contribution in [2.24, 2.45) is 5.92 Å². The van der Waals surface area contributed by atoms with Gasteiger partial charge in [0.05, 0.1) is 5.56 Å². The second-order valence-electron chi connectivity index (χ2n) is 6.44. The average molecular weight is 376 g/mol. The first-order valence-electron chi connectivity index (χ1n) is 8.44. The minimum Gasteiger partial charge on any atom is -0.398 e. The van der Waals surface area contributed by atoms with Crippen molar-refractivity contribution in [3.05, 3.63) is 29.8 Å². The molecule has 0 aromatic heterocycles. The zero-order chi connectivity index (χ0) is 15.9. The number of para-hydroxylation sites is 1. The number of unbranched alkanes of at least 4 members (excludes halogenated alkanes) is 1. The molecule has 0 radical (unpaired) electrons. The van der Waals surface area contributed by atoms with E-state index in [1.54, 1.807) is 6.07 Å². The van der Waals surface area contributed by atoms with Crippen molar-refractivity contribution in [3.8, 4) is 0 Å². The minimum absolute atomic E-state index is 0. The molecule has 1 aliphatic heterocycles. The molecule has 138 valence electrons. The molecule has 0 aliphatic carbocycles. The maximum Gasteiger partial charge on any atom is 0.255 e. The Balaban J connectivity index is 0.00000264. The van der Waals surface area contributed by atoms with E-state index >= 15 is 0 Å². The van der Waals surface area contributed by atoms with E-state index in [0.29, 0.717) is 17.2 Å². The highest BCUT2D eigenvalue weighted by molar-refractivity contribution is 5.99. The van der Waals surface area contributed by atoms with E-state index in [9.17, 15) is 4.79 Å². The molecule has 1 aromatic rings. The van der Waals surface area contributed by atoms with Crippen LogP contribution in [0.15, 0.2) is 24.3 Å². The van der Waals surface area contributed by atoms with Crippen LogP contribution in [0.1, 0.15) is 43.0 Å². The van der Waals surface area contributed by atoms with Gasteiger partial charge in [0.2, 0.25) is 0 Å². The Labute approximate surface area is 158 Å². The Morgan fingerprint density at radius 3 is 2.46 bits per heavy atom. The number of carbonyl (C=O) groups is 1. The van der Waals surface area contributed by atoms with Crippen LogP contribution in [0.3, 0.4) is 0 Å². The standard InChI is InChI=1S/C18H29N3O.2ClH/c1-3-4-11-20(2)14-15-9-12-21(13-10-15)18(22)16-7-5-6-8-17(16)19;;/h5-8,15H,3-4,9-14,19H2,1-2H3;2*1H. The number of amides is 1. The van der Waals surface area contributed by atoms with Crippen molar-refractivity contribution in [2.75, 3.05) is 39.0 Å². The number of hydrogen-bond donors (Lipinski definition) is 1. The van der Waals surface area contributed by atoms with Gasteiger partial charge in [-0.25, -0.2) is 0 Å². The molecule has 1 aliphatic rings. The minimum atomic E-state index is 0. The number of anilines is 1. The molecule has 2 N–H and O–H groups in total. The molecule has 4 nitrogen and oxygen atoms in total. The van der Waals surface area contributed by atoms with Gasteiger partial charge in [-0.2, -0.15) is 0 Å². The number of halogens is 2. The third kappa shape index (κ3) is 6.50. The van der Waals surface area contributed by atoms with Gasteiger partial charge in [-0.3, -0.25) is 4.79 Å². The smallest absolute Gasteiger partial charge is 0.255 e. The predicted octanol–water partition coefficient (Wildman–Crippen LogP) is 3.70. The Hall–Kier alpha value is -0.970. The Bertz CT molecular complexity index is 491. The lowest BCUT2D eigenvalue weighted by molar-refractivity contribution is 0.0674. The summed E-state index contributed by atoms with van der Waals surface area (Å²) in [4.78, 5) is 16.9. The van der Waals surface area contributed by atoms with E-state index in [1.807, 2.05) is 23.1 Å². The summed E-state index contributed by atoms with van der Waals surface area (Å²) in [5.74, 6) is 0.787. The molecule has 1 aromatic carbocycles. The highest BCUT2D eigenvalue weighted by Crippen LogP contribution is 2.21. The summed E-state index contributed by atoms with van der Waals surface area (Å²) in [7, 11) is 2.21. The molecule has 0 unspecified atom stereocenters. The van der Waals surface area contributed by atoms with Crippen LogP contribution in [0.5, 0.6) is 0 Å². The number of benzene rings is 1. The fourth-order valence-electron chi connectivity index (χ4n) is 3.14. The molecule has 0 bridgehead atoms. The van der Waals surface area contributed by atoms with Crippen molar-refractivity contribution in [2.45, 2.75) is 32.6 Å². The first-order chi connectivity index (χ1) is 10.6. The van der Waals surface area contributed by atoms with Gasteiger partial charge in [0.15, 0.2) is 0 Å². The van der Waals surface area contributed by atoms with E-state index in [2.05, 4.69) is 18.9 Å². The summed E-state index contributed by atoms with van der Waals surface area (Å²) in [6.45, 7) is 6.25. The summed E-state index contributed by atoms with van der Waals surface area (Å²) in [5.41, 5.74) is 7.13. The molecule has 1 heterocycles. The third-order valence-electron chi connectivity index (χ3n) is 4.56. The van der Waals surface area contributed by atoms with E-state index in [-0.39, 0.29) is 30.7 Å². The van der Waals surface area contributed by atoms with Crippen molar-refractivity contribution in [3.63, 3.8) is 0 Å². The van der Waals surface area contributed by atoms with Gasteiger partial charge in [0, 0.05) is 25.3 Å². The lowest BCUT2D eigenvalue weighted by Crippen LogP contribution is -2.41. The van der Waals surface area contributed by atoms with Gasteiger partial charge in [0.1, 0.15) is 0 Å². The normalized spacial score (nSPS) is 14.9. The first kappa shape index (κ1) is 23.0. The Morgan fingerprint density at radius 2 is 1.88 bits per heavy atom. The Morgan fingerprint density at radius 1 is 1.25 bits per heavy atom. The molecule has 0 spiro atoms. The number of hydrogen-bond acceptors (Lipinski definition) is 3. The average Bonchev–Trinajstić information content (AvgIpc) is 2.53. The molecule has 24 heavy (non-hydrogen) atoms. The lowest BCUT2D eigenvalue weighted by Gasteiger charge is -2.34. The zero-order valence-corrected chi connectivity index (χ0v) is 16.4. The number of nitrogens with two attached hydrogens (primary N) is 1. The van der Waals surface area contributed by atoms with Crippen LogP contribution in [-0.2, 0) is 0 Å². The second-order valence-corrected chi connectivity index (χ2v) is 6.44.